The standard InChI is InChI=1S/C20H18FNO3/c21-13-4-3-5-14(10-13)22-20(23)12-24-15-8-9-19-17(11-15)16-6-1-2-7-18(16)25-19/h3-5,8-11H,1-2,6-7,12H2,(H,22,23). The first-order valence-electron chi connectivity index (χ1n) is 8.41. The minimum Gasteiger partial charge on any atom is -0.484 e. The van der Waals surface area contributed by atoms with Crippen LogP contribution in [0.4, 0.5) is 10.1 Å². The summed E-state index contributed by atoms with van der Waals surface area (Å²) in [5.74, 6) is 0.965. The van der Waals surface area contributed by atoms with Gasteiger partial charge in [-0.15, -0.1) is 0 Å². The largest absolute Gasteiger partial charge is 0.484 e. The van der Waals surface area contributed by atoms with E-state index < -0.39 is 5.82 Å². The second kappa shape index (κ2) is 6.59. The quantitative estimate of drug-likeness (QED) is 0.763. The van der Waals surface area contributed by atoms with Crippen LogP contribution in [0.3, 0.4) is 0 Å². The van der Waals surface area contributed by atoms with E-state index in [0.717, 1.165) is 36.0 Å². The summed E-state index contributed by atoms with van der Waals surface area (Å²) in [5, 5.41) is 3.68. The maximum absolute atomic E-state index is 13.1. The van der Waals surface area contributed by atoms with Crippen LogP contribution in [0.25, 0.3) is 11.0 Å². The number of aryl methyl sites for hydroxylation is 2. The van der Waals surface area contributed by atoms with Crippen LogP contribution in [0.2, 0.25) is 0 Å². The smallest absolute Gasteiger partial charge is 0.262 e. The molecule has 128 valence electrons. The zero-order chi connectivity index (χ0) is 17.2. The van der Waals surface area contributed by atoms with Crippen LogP contribution in [0.1, 0.15) is 24.2 Å². The molecule has 0 fully saturated rings. The molecule has 0 radical (unpaired) electrons. The summed E-state index contributed by atoms with van der Waals surface area (Å²) in [5.41, 5.74) is 2.53. The number of carbonyl (C=O) groups excluding carboxylic acids is 1. The first-order valence-corrected chi connectivity index (χ1v) is 8.41. The van der Waals surface area contributed by atoms with Gasteiger partial charge in [0.15, 0.2) is 6.61 Å². The Labute approximate surface area is 144 Å². The summed E-state index contributed by atoms with van der Waals surface area (Å²) in [7, 11) is 0. The number of nitrogens with one attached hydrogen (secondary N) is 1. The number of ether oxygens (including phenoxy) is 1. The van der Waals surface area contributed by atoms with Crippen LogP contribution in [-0.4, -0.2) is 12.5 Å². The summed E-state index contributed by atoms with van der Waals surface area (Å²) < 4.78 is 24.6. The molecule has 5 heteroatoms. The maximum atomic E-state index is 13.1. The molecule has 3 aromatic rings. The van der Waals surface area contributed by atoms with Crippen molar-refractivity contribution in [2.75, 3.05) is 11.9 Å². The molecule has 4 rings (SSSR count). The molecular formula is C20H18FNO3. The number of halogens is 1. The van der Waals surface area contributed by atoms with Gasteiger partial charge in [-0.3, -0.25) is 4.79 Å². The van der Waals surface area contributed by atoms with Crippen LogP contribution in [0.5, 0.6) is 5.75 Å². The van der Waals surface area contributed by atoms with E-state index in [1.54, 1.807) is 18.2 Å². The lowest BCUT2D eigenvalue weighted by atomic mass is 9.96. The van der Waals surface area contributed by atoms with Crippen molar-refractivity contribution >= 4 is 22.6 Å². The van der Waals surface area contributed by atoms with Crippen molar-refractivity contribution in [3.05, 3.63) is 59.6 Å². The number of hydrogen-bond acceptors (Lipinski definition) is 3. The fourth-order valence-corrected chi connectivity index (χ4v) is 3.24. The van der Waals surface area contributed by atoms with Crippen LogP contribution in [0.15, 0.2) is 46.9 Å². The molecule has 2 aromatic carbocycles. The highest BCUT2D eigenvalue weighted by atomic mass is 19.1. The Morgan fingerprint density at radius 2 is 2.04 bits per heavy atom. The molecule has 1 aromatic heterocycles. The van der Waals surface area contributed by atoms with Gasteiger partial charge in [-0.05, 0) is 55.7 Å². The van der Waals surface area contributed by atoms with Crippen molar-refractivity contribution in [3.63, 3.8) is 0 Å². The second-order valence-corrected chi connectivity index (χ2v) is 6.22. The van der Waals surface area contributed by atoms with Gasteiger partial charge < -0.3 is 14.5 Å². The van der Waals surface area contributed by atoms with Crippen molar-refractivity contribution < 1.29 is 18.3 Å². The summed E-state index contributed by atoms with van der Waals surface area (Å²) >= 11 is 0. The average Bonchev–Trinajstić information content (AvgIpc) is 2.98. The van der Waals surface area contributed by atoms with Gasteiger partial charge >= 0.3 is 0 Å². The molecule has 0 saturated carbocycles. The molecule has 0 saturated heterocycles. The van der Waals surface area contributed by atoms with Gasteiger partial charge in [0.2, 0.25) is 0 Å². The summed E-state index contributed by atoms with van der Waals surface area (Å²) in [4.78, 5) is 12.0. The average molecular weight is 339 g/mol. The zero-order valence-electron chi connectivity index (χ0n) is 13.7. The first kappa shape index (κ1) is 15.7. The number of carbonyl (C=O) groups is 1. The number of anilines is 1. The molecule has 1 aliphatic carbocycles. The van der Waals surface area contributed by atoms with Gasteiger partial charge in [-0.2, -0.15) is 0 Å². The fourth-order valence-electron chi connectivity index (χ4n) is 3.24. The van der Waals surface area contributed by atoms with Crippen molar-refractivity contribution in [3.8, 4) is 5.75 Å². The highest BCUT2D eigenvalue weighted by molar-refractivity contribution is 5.92. The predicted octanol–water partition coefficient (Wildman–Crippen LogP) is 4.47. The Balaban J connectivity index is 1.44. The zero-order valence-corrected chi connectivity index (χ0v) is 13.7. The van der Waals surface area contributed by atoms with E-state index in [1.165, 1.54) is 24.1 Å². The molecule has 0 atom stereocenters. The van der Waals surface area contributed by atoms with Crippen LogP contribution in [0, 0.1) is 5.82 Å². The lowest BCUT2D eigenvalue weighted by molar-refractivity contribution is -0.118. The Hall–Kier alpha value is -2.82. The molecular weight excluding hydrogens is 321 g/mol. The SMILES string of the molecule is O=C(COc1ccc2oc3c(c2c1)CCCC3)Nc1cccc(F)c1. The van der Waals surface area contributed by atoms with Gasteiger partial charge in [0, 0.05) is 23.1 Å². The Morgan fingerprint density at radius 3 is 2.92 bits per heavy atom. The number of benzene rings is 2. The molecule has 1 N–H and O–H groups in total. The van der Waals surface area contributed by atoms with E-state index in [0.29, 0.717) is 11.4 Å². The predicted molar refractivity (Wildman–Crippen MR) is 93.4 cm³/mol. The summed E-state index contributed by atoms with van der Waals surface area (Å²) in [6.07, 6.45) is 4.33. The van der Waals surface area contributed by atoms with E-state index >= 15 is 0 Å². The number of rotatable bonds is 4. The van der Waals surface area contributed by atoms with Gasteiger partial charge in [-0.25, -0.2) is 4.39 Å². The van der Waals surface area contributed by atoms with E-state index in [-0.39, 0.29) is 12.5 Å². The normalized spacial score (nSPS) is 13.5. The topological polar surface area (TPSA) is 51.5 Å². The van der Waals surface area contributed by atoms with Crippen molar-refractivity contribution in [1.82, 2.24) is 0 Å². The summed E-state index contributed by atoms with van der Waals surface area (Å²) in [6, 6.07) is 11.4. The fraction of sp³-hybridized carbons (Fsp3) is 0.250. The molecule has 0 aliphatic heterocycles. The third-order valence-electron chi connectivity index (χ3n) is 4.40. The van der Waals surface area contributed by atoms with Gasteiger partial charge in [0.25, 0.3) is 5.91 Å². The third-order valence-corrected chi connectivity index (χ3v) is 4.40. The van der Waals surface area contributed by atoms with E-state index in [1.807, 2.05) is 12.1 Å². The summed E-state index contributed by atoms with van der Waals surface area (Å²) in [6.45, 7) is -0.137. The Kier molecular flexibility index (Phi) is 4.14. The molecule has 4 nitrogen and oxygen atoms in total. The van der Waals surface area contributed by atoms with Gasteiger partial charge in [0.05, 0.1) is 0 Å². The van der Waals surface area contributed by atoms with Gasteiger partial charge in [-0.1, -0.05) is 6.07 Å². The van der Waals surface area contributed by atoms with E-state index in [4.69, 9.17) is 9.15 Å². The second-order valence-electron chi connectivity index (χ2n) is 6.22. The van der Waals surface area contributed by atoms with Crippen LogP contribution < -0.4 is 10.1 Å². The molecule has 1 aliphatic rings. The lowest BCUT2D eigenvalue weighted by Gasteiger charge is -2.09. The molecule has 1 heterocycles. The van der Waals surface area contributed by atoms with Crippen LogP contribution in [-0.2, 0) is 17.6 Å². The monoisotopic (exact) mass is 339 g/mol. The Morgan fingerprint density at radius 1 is 1.16 bits per heavy atom. The van der Waals surface area contributed by atoms with Crippen molar-refractivity contribution in [2.24, 2.45) is 0 Å². The molecule has 0 unspecified atom stereocenters. The maximum Gasteiger partial charge on any atom is 0.262 e. The molecule has 1 amide bonds. The molecule has 25 heavy (non-hydrogen) atoms. The number of hydrogen-bond donors (Lipinski definition) is 1. The highest BCUT2D eigenvalue weighted by Gasteiger charge is 2.18. The minimum atomic E-state index is -0.395. The molecule has 0 spiro atoms. The molecule has 0 bridgehead atoms. The third kappa shape index (κ3) is 3.36. The number of fused-ring (bicyclic) bond motifs is 3. The lowest BCUT2D eigenvalue weighted by Crippen LogP contribution is -2.20. The van der Waals surface area contributed by atoms with Crippen molar-refractivity contribution in [2.45, 2.75) is 25.7 Å². The number of amides is 1. The first-order chi connectivity index (χ1) is 12.2. The van der Waals surface area contributed by atoms with E-state index in [2.05, 4.69) is 5.32 Å². The van der Waals surface area contributed by atoms with E-state index in [9.17, 15) is 9.18 Å². The Bertz CT molecular complexity index is 932. The van der Waals surface area contributed by atoms with Gasteiger partial charge in [0.1, 0.15) is 22.9 Å². The number of furan rings is 1. The minimum absolute atomic E-state index is 0.137. The van der Waals surface area contributed by atoms with Crippen molar-refractivity contribution in [1.29, 1.82) is 0 Å². The highest BCUT2D eigenvalue weighted by Crippen LogP contribution is 2.33. The van der Waals surface area contributed by atoms with Crippen LogP contribution >= 0.6 is 0 Å².